The molecule has 8 heteroatoms. The van der Waals surface area contributed by atoms with E-state index in [4.69, 9.17) is 16.3 Å². The normalized spacial score (nSPS) is 12.2. The van der Waals surface area contributed by atoms with Gasteiger partial charge in [0.05, 0.1) is 22.9 Å². The van der Waals surface area contributed by atoms with E-state index in [-0.39, 0.29) is 0 Å². The van der Waals surface area contributed by atoms with Crippen molar-refractivity contribution >= 4 is 30.6 Å². The van der Waals surface area contributed by atoms with Crippen molar-refractivity contribution < 1.29 is 4.74 Å². The molecule has 0 aliphatic rings. The molecule has 0 bridgehead atoms. The van der Waals surface area contributed by atoms with E-state index in [1.54, 1.807) is 4.68 Å². The number of aromatic nitrogens is 5. The maximum Gasteiger partial charge on any atom is 0.140 e. The first-order valence-corrected chi connectivity index (χ1v) is 12.0. The van der Waals surface area contributed by atoms with Gasteiger partial charge in [0, 0.05) is 32.7 Å². The molecule has 0 unspecified atom stereocenters. The van der Waals surface area contributed by atoms with Crippen molar-refractivity contribution in [2.45, 2.75) is 32.4 Å². The van der Waals surface area contributed by atoms with Crippen LogP contribution in [0.15, 0.2) is 24.5 Å². The first-order valence-electron chi connectivity index (χ1n) is 7.93. The molecule has 2 heterocycles. The molecular formula is C16H22ClN5OSi. The topological polar surface area (TPSA) is 57.8 Å². The molecule has 1 aromatic carbocycles. The van der Waals surface area contributed by atoms with E-state index < -0.39 is 8.07 Å². The highest BCUT2D eigenvalue weighted by Gasteiger charge is 2.15. The fraction of sp³-hybridized carbons (Fsp3) is 0.438. The second kappa shape index (κ2) is 6.66. The minimum Gasteiger partial charge on any atom is -0.360 e. The van der Waals surface area contributed by atoms with Crippen molar-refractivity contribution in [2.75, 3.05) is 6.61 Å². The summed E-state index contributed by atoms with van der Waals surface area (Å²) in [7, 11) is 0.754. The molecule has 24 heavy (non-hydrogen) atoms. The van der Waals surface area contributed by atoms with E-state index in [2.05, 4.69) is 35.1 Å². The highest BCUT2D eigenvalue weighted by Crippen LogP contribution is 2.32. The van der Waals surface area contributed by atoms with E-state index in [1.165, 1.54) is 0 Å². The van der Waals surface area contributed by atoms with Gasteiger partial charge in [-0.1, -0.05) is 42.5 Å². The first kappa shape index (κ1) is 17.1. The molecule has 0 saturated heterocycles. The average molecular weight is 364 g/mol. The lowest BCUT2D eigenvalue weighted by Gasteiger charge is -2.15. The largest absolute Gasteiger partial charge is 0.360 e. The van der Waals surface area contributed by atoms with Gasteiger partial charge < -0.3 is 4.74 Å². The second-order valence-electron chi connectivity index (χ2n) is 7.13. The number of halogens is 1. The van der Waals surface area contributed by atoms with E-state index in [9.17, 15) is 0 Å². The first-order chi connectivity index (χ1) is 11.3. The minimum absolute atomic E-state index is 0.400. The van der Waals surface area contributed by atoms with Crippen LogP contribution in [0.25, 0.3) is 22.2 Å². The molecule has 6 nitrogen and oxygen atoms in total. The summed E-state index contributed by atoms with van der Waals surface area (Å²) >= 11 is 6.40. The van der Waals surface area contributed by atoms with Crippen LogP contribution in [0, 0.1) is 0 Å². The third-order valence-corrected chi connectivity index (χ3v) is 5.85. The van der Waals surface area contributed by atoms with E-state index >= 15 is 0 Å². The van der Waals surface area contributed by atoms with Crippen molar-refractivity contribution in [2.24, 2.45) is 7.05 Å². The Morgan fingerprint density at radius 1 is 1.25 bits per heavy atom. The average Bonchev–Trinajstić information content (AvgIpc) is 3.10. The van der Waals surface area contributed by atoms with Crippen molar-refractivity contribution in [1.82, 2.24) is 24.8 Å². The molecule has 0 aliphatic carbocycles. The van der Waals surface area contributed by atoms with Gasteiger partial charge in [-0.2, -0.15) is 5.10 Å². The molecule has 3 aromatic rings. The number of hydrogen-bond acceptors (Lipinski definition) is 4. The molecule has 0 atom stereocenters. The zero-order chi connectivity index (χ0) is 17.3. The van der Waals surface area contributed by atoms with Crippen LogP contribution in [-0.4, -0.2) is 39.5 Å². The van der Waals surface area contributed by atoms with Crippen LogP contribution in [0.2, 0.25) is 30.7 Å². The third-order valence-electron chi connectivity index (χ3n) is 3.84. The van der Waals surface area contributed by atoms with Crippen LogP contribution in [0.4, 0.5) is 0 Å². The smallest absolute Gasteiger partial charge is 0.140 e. The van der Waals surface area contributed by atoms with Crippen LogP contribution >= 0.6 is 11.6 Å². The third kappa shape index (κ3) is 3.68. The Morgan fingerprint density at radius 2 is 2.04 bits per heavy atom. The summed E-state index contributed by atoms with van der Waals surface area (Å²) in [6, 6.07) is 4.95. The fourth-order valence-corrected chi connectivity index (χ4v) is 3.50. The quantitative estimate of drug-likeness (QED) is 0.493. The molecule has 128 valence electrons. The van der Waals surface area contributed by atoms with Crippen molar-refractivity contribution in [3.05, 3.63) is 29.5 Å². The Kier molecular flexibility index (Phi) is 4.75. The van der Waals surface area contributed by atoms with Gasteiger partial charge in [0.1, 0.15) is 12.4 Å². The molecule has 0 saturated carbocycles. The van der Waals surface area contributed by atoms with Gasteiger partial charge in [-0.05, 0) is 12.1 Å². The van der Waals surface area contributed by atoms with E-state index in [1.807, 2.05) is 36.3 Å². The second-order valence-corrected chi connectivity index (χ2v) is 13.2. The standard InChI is InChI=1S/C16H22ClN5OSi/c1-21-10-15(19-20-21)12-5-6-14(17)16-13(12)9-18-22(16)11-23-7-8-24(2,3)4/h5-6,9-10H,7-8,11H2,1-4H3. The number of rotatable bonds is 6. The van der Waals surface area contributed by atoms with Gasteiger partial charge in [-0.15, -0.1) is 5.10 Å². The fourth-order valence-electron chi connectivity index (χ4n) is 2.48. The van der Waals surface area contributed by atoms with Gasteiger partial charge in [0.25, 0.3) is 0 Å². The minimum atomic E-state index is -1.09. The summed E-state index contributed by atoms with van der Waals surface area (Å²) in [5.74, 6) is 0. The Labute approximate surface area is 147 Å². The number of ether oxygens (including phenoxy) is 1. The summed E-state index contributed by atoms with van der Waals surface area (Å²) in [6.07, 6.45) is 3.69. The van der Waals surface area contributed by atoms with Crippen molar-refractivity contribution in [3.8, 4) is 11.3 Å². The summed E-state index contributed by atoms with van der Waals surface area (Å²) < 4.78 is 9.30. The number of fused-ring (bicyclic) bond motifs is 1. The van der Waals surface area contributed by atoms with Crippen molar-refractivity contribution in [1.29, 1.82) is 0 Å². The Balaban J connectivity index is 1.86. The lowest BCUT2D eigenvalue weighted by Crippen LogP contribution is -2.22. The predicted octanol–water partition coefficient (Wildman–Crippen LogP) is 3.80. The lowest BCUT2D eigenvalue weighted by atomic mass is 10.1. The highest BCUT2D eigenvalue weighted by atomic mass is 35.5. The van der Waals surface area contributed by atoms with Gasteiger partial charge in [-0.3, -0.25) is 4.68 Å². The Bertz CT molecular complexity index is 852. The molecule has 2 aromatic heterocycles. The molecule has 3 rings (SSSR count). The number of benzene rings is 1. The van der Waals surface area contributed by atoms with E-state index in [0.717, 1.165) is 34.8 Å². The summed E-state index contributed by atoms with van der Waals surface area (Å²) in [5, 5.41) is 14.2. The van der Waals surface area contributed by atoms with Crippen LogP contribution in [0.5, 0.6) is 0 Å². The van der Waals surface area contributed by atoms with Crippen LogP contribution in [0.3, 0.4) is 0 Å². The van der Waals surface area contributed by atoms with Gasteiger partial charge in [0.15, 0.2) is 0 Å². The molecule has 0 fully saturated rings. The summed E-state index contributed by atoms with van der Waals surface area (Å²) in [6.45, 7) is 8.16. The highest BCUT2D eigenvalue weighted by molar-refractivity contribution is 6.76. The summed E-state index contributed by atoms with van der Waals surface area (Å²) in [4.78, 5) is 0. The van der Waals surface area contributed by atoms with Gasteiger partial charge in [-0.25, -0.2) is 4.68 Å². The zero-order valence-corrected chi connectivity index (χ0v) is 16.2. The maximum atomic E-state index is 6.40. The molecular weight excluding hydrogens is 342 g/mol. The Hall–Kier alpha value is -1.70. The zero-order valence-electron chi connectivity index (χ0n) is 14.5. The molecule has 0 amide bonds. The monoisotopic (exact) mass is 363 g/mol. The molecule has 0 spiro atoms. The molecule has 0 aliphatic heterocycles. The van der Waals surface area contributed by atoms with Gasteiger partial charge >= 0.3 is 0 Å². The number of aryl methyl sites for hydroxylation is 1. The van der Waals surface area contributed by atoms with Crippen LogP contribution in [0.1, 0.15) is 0 Å². The SMILES string of the molecule is Cn1cc(-c2ccc(Cl)c3c2cnn3COCC[Si](C)(C)C)nn1. The lowest BCUT2D eigenvalue weighted by molar-refractivity contribution is 0.0817. The summed E-state index contributed by atoms with van der Waals surface area (Å²) in [5.41, 5.74) is 2.64. The number of nitrogens with zero attached hydrogens (tertiary/aromatic N) is 5. The Morgan fingerprint density at radius 3 is 2.71 bits per heavy atom. The molecule has 0 radical (unpaired) electrons. The maximum absolute atomic E-state index is 6.40. The number of hydrogen-bond donors (Lipinski definition) is 0. The van der Waals surface area contributed by atoms with Gasteiger partial charge in [0.2, 0.25) is 0 Å². The van der Waals surface area contributed by atoms with Crippen LogP contribution in [-0.2, 0) is 18.5 Å². The van der Waals surface area contributed by atoms with Crippen molar-refractivity contribution in [3.63, 3.8) is 0 Å². The molecule has 0 N–H and O–H groups in total. The van der Waals surface area contributed by atoms with E-state index in [0.29, 0.717) is 11.8 Å². The van der Waals surface area contributed by atoms with Crippen LogP contribution < -0.4 is 0 Å². The predicted molar refractivity (Wildman–Crippen MR) is 98.8 cm³/mol.